The molecule has 1 atom stereocenters. The van der Waals surface area contributed by atoms with Gasteiger partial charge in [0.25, 0.3) is 0 Å². The lowest BCUT2D eigenvalue weighted by molar-refractivity contribution is 0.199. The monoisotopic (exact) mass is 263 g/mol. The van der Waals surface area contributed by atoms with Gasteiger partial charge in [-0.2, -0.15) is 0 Å². The molecule has 19 heavy (non-hydrogen) atoms. The van der Waals surface area contributed by atoms with E-state index in [1.807, 2.05) is 12.3 Å². The van der Waals surface area contributed by atoms with Gasteiger partial charge >= 0.3 is 0 Å². The molecule has 2 rings (SSSR count). The van der Waals surface area contributed by atoms with Crippen molar-refractivity contribution in [3.63, 3.8) is 0 Å². The van der Waals surface area contributed by atoms with Gasteiger partial charge in [0, 0.05) is 44.5 Å². The van der Waals surface area contributed by atoms with Gasteiger partial charge in [0.15, 0.2) is 0 Å². The first-order chi connectivity index (χ1) is 9.33. The normalized spacial score (nSPS) is 19.7. The van der Waals surface area contributed by atoms with Gasteiger partial charge in [0.1, 0.15) is 5.82 Å². The average molecular weight is 263 g/mol. The molecule has 0 aromatic carbocycles. The summed E-state index contributed by atoms with van der Waals surface area (Å²) in [6, 6.07) is 4.79. The fraction of sp³-hybridized carbons (Fsp3) is 0.667. The maximum Gasteiger partial charge on any atom is 0.133 e. The second kappa shape index (κ2) is 7.46. The summed E-state index contributed by atoms with van der Waals surface area (Å²) >= 11 is 0. The van der Waals surface area contributed by atoms with Crippen molar-refractivity contribution in [2.24, 2.45) is 0 Å². The fourth-order valence-corrected chi connectivity index (χ4v) is 2.64. The highest BCUT2D eigenvalue weighted by atomic mass is 16.5. The predicted molar refractivity (Wildman–Crippen MR) is 78.5 cm³/mol. The minimum atomic E-state index is 0.598. The Balaban J connectivity index is 2.02. The number of hydrogen-bond acceptors (Lipinski definition) is 4. The van der Waals surface area contributed by atoms with Gasteiger partial charge in [-0.3, -0.25) is 0 Å². The minimum Gasteiger partial charge on any atom is -0.383 e. The SMILES string of the molecule is COCCNCc1cccnc1N1CCCCC1C. The fourth-order valence-electron chi connectivity index (χ4n) is 2.64. The van der Waals surface area contributed by atoms with Crippen molar-refractivity contribution in [3.8, 4) is 0 Å². The van der Waals surface area contributed by atoms with Crippen LogP contribution in [0.4, 0.5) is 5.82 Å². The van der Waals surface area contributed by atoms with Crippen molar-refractivity contribution < 1.29 is 4.74 Å². The standard InChI is InChI=1S/C15H25N3O/c1-13-6-3-4-10-18(13)15-14(7-5-8-17-15)12-16-9-11-19-2/h5,7-8,13,16H,3-4,6,9-12H2,1-2H3. The number of piperidine rings is 1. The molecule has 4 nitrogen and oxygen atoms in total. The van der Waals surface area contributed by atoms with E-state index in [0.29, 0.717) is 6.04 Å². The molecule has 4 heteroatoms. The molecule has 1 fully saturated rings. The van der Waals surface area contributed by atoms with E-state index in [2.05, 4.69) is 28.2 Å². The molecule has 0 bridgehead atoms. The molecular weight excluding hydrogens is 238 g/mol. The van der Waals surface area contributed by atoms with Crippen molar-refractivity contribution in [1.29, 1.82) is 0 Å². The van der Waals surface area contributed by atoms with Crippen LogP contribution in [0.15, 0.2) is 18.3 Å². The highest BCUT2D eigenvalue weighted by Gasteiger charge is 2.21. The summed E-state index contributed by atoms with van der Waals surface area (Å²) < 4.78 is 5.05. The van der Waals surface area contributed by atoms with Gasteiger partial charge in [-0.05, 0) is 32.3 Å². The van der Waals surface area contributed by atoms with Crippen LogP contribution in [-0.2, 0) is 11.3 Å². The molecule has 1 aromatic heterocycles. The van der Waals surface area contributed by atoms with Crippen LogP contribution < -0.4 is 10.2 Å². The zero-order valence-corrected chi connectivity index (χ0v) is 12.1. The number of ether oxygens (including phenoxy) is 1. The number of pyridine rings is 1. The minimum absolute atomic E-state index is 0.598. The average Bonchev–Trinajstić information content (AvgIpc) is 2.45. The molecule has 1 unspecified atom stereocenters. The first-order valence-corrected chi connectivity index (χ1v) is 7.23. The zero-order valence-electron chi connectivity index (χ0n) is 12.1. The Morgan fingerprint density at radius 2 is 2.37 bits per heavy atom. The number of hydrogen-bond donors (Lipinski definition) is 1. The Labute approximate surface area is 116 Å². The summed E-state index contributed by atoms with van der Waals surface area (Å²) in [5.74, 6) is 1.15. The lowest BCUT2D eigenvalue weighted by atomic mass is 10.0. The van der Waals surface area contributed by atoms with Crippen LogP contribution in [0.5, 0.6) is 0 Å². The summed E-state index contributed by atoms with van der Waals surface area (Å²) in [5.41, 5.74) is 1.28. The van der Waals surface area contributed by atoms with Crippen molar-refractivity contribution in [2.75, 3.05) is 31.7 Å². The molecule has 0 saturated carbocycles. The number of anilines is 1. The smallest absolute Gasteiger partial charge is 0.133 e. The maximum absolute atomic E-state index is 5.05. The van der Waals surface area contributed by atoms with Crippen molar-refractivity contribution >= 4 is 5.82 Å². The molecule has 0 amide bonds. The van der Waals surface area contributed by atoms with Crippen LogP contribution in [0.1, 0.15) is 31.7 Å². The number of aromatic nitrogens is 1. The Bertz CT molecular complexity index is 383. The quantitative estimate of drug-likeness (QED) is 0.798. The largest absolute Gasteiger partial charge is 0.383 e. The molecule has 0 aliphatic carbocycles. The van der Waals surface area contributed by atoms with Crippen LogP contribution in [0.2, 0.25) is 0 Å². The summed E-state index contributed by atoms with van der Waals surface area (Å²) in [6.07, 6.45) is 5.78. The number of nitrogens with zero attached hydrogens (tertiary/aromatic N) is 2. The molecular formula is C15H25N3O. The predicted octanol–water partition coefficient (Wildman–Crippen LogP) is 2.20. The molecule has 1 aliphatic rings. The van der Waals surface area contributed by atoms with E-state index in [1.54, 1.807) is 7.11 Å². The Hall–Kier alpha value is -1.13. The van der Waals surface area contributed by atoms with Crippen molar-refractivity contribution in [3.05, 3.63) is 23.9 Å². The lowest BCUT2D eigenvalue weighted by Crippen LogP contribution is -2.39. The van der Waals surface area contributed by atoms with Crippen LogP contribution in [-0.4, -0.2) is 37.8 Å². The molecule has 1 saturated heterocycles. The molecule has 2 heterocycles. The molecule has 1 N–H and O–H groups in total. The lowest BCUT2D eigenvalue weighted by Gasteiger charge is -2.35. The van der Waals surface area contributed by atoms with Crippen LogP contribution in [0.25, 0.3) is 0 Å². The van der Waals surface area contributed by atoms with Gasteiger partial charge in [-0.15, -0.1) is 0 Å². The molecule has 0 spiro atoms. The summed E-state index contributed by atoms with van der Waals surface area (Å²) in [6.45, 7) is 5.91. The van der Waals surface area contributed by atoms with Gasteiger partial charge in [0.2, 0.25) is 0 Å². The molecule has 1 aliphatic heterocycles. The Morgan fingerprint density at radius 1 is 1.47 bits per heavy atom. The third kappa shape index (κ3) is 3.91. The third-order valence-electron chi connectivity index (χ3n) is 3.74. The number of nitrogens with one attached hydrogen (secondary N) is 1. The van der Waals surface area contributed by atoms with Gasteiger partial charge < -0.3 is 15.0 Å². The van der Waals surface area contributed by atoms with E-state index >= 15 is 0 Å². The highest BCUT2D eigenvalue weighted by Crippen LogP contribution is 2.25. The topological polar surface area (TPSA) is 37.4 Å². The van der Waals surface area contributed by atoms with Crippen molar-refractivity contribution in [2.45, 2.75) is 38.8 Å². The van der Waals surface area contributed by atoms with Gasteiger partial charge in [-0.25, -0.2) is 4.98 Å². The summed E-state index contributed by atoms with van der Waals surface area (Å²) in [7, 11) is 1.73. The van der Waals surface area contributed by atoms with Gasteiger partial charge in [-0.1, -0.05) is 6.07 Å². The number of rotatable bonds is 6. The van der Waals surface area contributed by atoms with E-state index in [0.717, 1.165) is 32.1 Å². The summed E-state index contributed by atoms with van der Waals surface area (Å²) in [4.78, 5) is 7.06. The molecule has 1 aromatic rings. The van der Waals surface area contributed by atoms with Crippen LogP contribution >= 0.6 is 0 Å². The van der Waals surface area contributed by atoms with E-state index < -0.39 is 0 Å². The molecule has 106 valence electrons. The Kier molecular flexibility index (Phi) is 5.61. The summed E-state index contributed by atoms with van der Waals surface area (Å²) in [5, 5.41) is 3.41. The van der Waals surface area contributed by atoms with Crippen LogP contribution in [0.3, 0.4) is 0 Å². The first kappa shape index (κ1) is 14.3. The van der Waals surface area contributed by atoms with Crippen LogP contribution in [0, 0.1) is 0 Å². The van der Waals surface area contributed by atoms with E-state index in [9.17, 15) is 0 Å². The number of methoxy groups -OCH3 is 1. The zero-order chi connectivity index (χ0) is 13.5. The maximum atomic E-state index is 5.05. The highest BCUT2D eigenvalue weighted by molar-refractivity contribution is 5.47. The van der Waals surface area contributed by atoms with E-state index in [-0.39, 0.29) is 0 Å². The second-order valence-corrected chi connectivity index (χ2v) is 5.19. The molecule has 0 radical (unpaired) electrons. The Morgan fingerprint density at radius 3 is 3.16 bits per heavy atom. The first-order valence-electron chi connectivity index (χ1n) is 7.23. The van der Waals surface area contributed by atoms with Crippen molar-refractivity contribution in [1.82, 2.24) is 10.3 Å². The second-order valence-electron chi connectivity index (χ2n) is 5.19. The van der Waals surface area contributed by atoms with E-state index in [1.165, 1.54) is 24.8 Å². The van der Waals surface area contributed by atoms with E-state index in [4.69, 9.17) is 4.74 Å². The van der Waals surface area contributed by atoms with Gasteiger partial charge in [0.05, 0.1) is 6.61 Å². The third-order valence-corrected chi connectivity index (χ3v) is 3.74.